The highest BCUT2D eigenvalue weighted by Gasteiger charge is 2.31. The van der Waals surface area contributed by atoms with Crippen molar-refractivity contribution in [3.8, 4) is 0 Å². The number of esters is 1. The largest absolute Gasteiger partial charge is 0.460 e. The van der Waals surface area contributed by atoms with Crippen LogP contribution in [0.15, 0.2) is 53.6 Å². The van der Waals surface area contributed by atoms with Gasteiger partial charge in [-0.25, -0.2) is 4.79 Å². The number of hydrazone groups is 1. The van der Waals surface area contributed by atoms with E-state index >= 15 is 0 Å². The van der Waals surface area contributed by atoms with Gasteiger partial charge in [0.05, 0.1) is 22.9 Å². The summed E-state index contributed by atoms with van der Waals surface area (Å²) in [4.78, 5) is 14.3. The van der Waals surface area contributed by atoms with Crippen molar-refractivity contribution in [2.24, 2.45) is 11.0 Å². The topological polar surface area (TPSA) is 53.9 Å². The first-order valence-corrected chi connectivity index (χ1v) is 10.8. The first kappa shape index (κ1) is 23.9. The molecule has 0 atom stereocenters. The maximum atomic E-state index is 13.0. The van der Waals surface area contributed by atoms with Crippen LogP contribution in [-0.2, 0) is 22.1 Å². The molecule has 0 bridgehead atoms. The van der Waals surface area contributed by atoms with Gasteiger partial charge in [0, 0.05) is 13.1 Å². The van der Waals surface area contributed by atoms with E-state index in [1.165, 1.54) is 5.56 Å². The molecule has 1 heterocycles. The van der Waals surface area contributed by atoms with Crippen molar-refractivity contribution in [1.82, 2.24) is 4.90 Å². The molecule has 1 aliphatic heterocycles. The van der Waals surface area contributed by atoms with Crippen molar-refractivity contribution in [3.63, 3.8) is 0 Å². The van der Waals surface area contributed by atoms with E-state index in [0.717, 1.165) is 37.5 Å². The van der Waals surface area contributed by atoms with E-state index in [1.807, 2.05) is 18.2 Å². The fourth-order valence-corrected chi connectivity index (χ4v) is 3.80. The zero-order chi connectivity index (χ0) is 23.1. The first-order chi connectivity index (χ1) is 15.3. The number of hydrogen-bond donors (Lipinski definition) is 1. The van der Waals surface area contributed by atoms with Gasteiger partial charge >= 0.3 is 12.1 Å². The SMILES string of the molecule is CCOC(=O)/C(=N/Nc1cc(C(F)(F)F)ccc1Cl)N1CCC(Cc2ccccc2)CC1. The van der Waals surface area contributed by atoms with Gasteiger partial charge in [-0.1, -0.05) is 41.9 Å². The van der Waals surface area contributed by atoms with Gasteiger partial charge in [0.25, 0.3) is 0 Å². The quantitative estimate of drug-likeness (QED) is 0.269. The van der Waals surface area contributed by atoms with E-state index in [4.69, 9.17) is 16.3 Å². The minimum Gasteiger partial charge on any atom is -0.460 e. The number of amidine groups is 1. The van der Waals surface area contributed by atoms with E-state index in [9.17, 15) is 18.0 Å². The van der Waals surface area contributed by atoms with E-state index in [1.54, 1.807) is 11.8 Å². The smallest absolute Gasteiger partial charge is 0.416 e. The molecule has 0 radical (unpaired) electrons. The fourth-order valence-electron chi connectivity index (χ4n) is 3.64. The van der Waals surface area contributed by atoms with Crippen LogP contribution >= 0.6 is 11.6 Å². The summed E-state index contributed by atoms with van der Waals surface area (Å²) in [5, 5.41) is 4.16. The molecule has 0 saturated carbocycles. The molecule has 2 aromatic carbocycles. The van der Waals surface area contributed by atoms with Gasteiger partial charge in [-0.15, -0.1) is 5.10 Å². The van der Waals surface area contributed by atoms with Gasteiger partial charge in [-0.2, -0.15) is 13.2 Å². The highest BCUT2D eigenvalue weighted by atomic mass is 35.5. The number of alkyl halides is 3. The van der Waals surface area contributed by atoms with Crippen LogP contribution in [0.3, 0.4) is 0 Å². The summed E-state index contributed by atoms with van der Waals surface area (Å²) in [5.74, 6) is -0.133. The Morgan fingerprint density at radius 3 is 2.50 bits per heavy atom. The number of nitrogens with one attached hydrogen (secondary N) is 1. The normalized spacial score (nSPS) is 15.5. The average Bonchev–Trinajstić information content (AvgIpc) is 2.76. The molecule has 1 N–H and O–H groups in total. The number of likely N-dealkylation sites (tertiary alicyclic amines) is 1. The van der Waals surface area contributed by atoms with Crippen LogP contribution in [0.2, 0.25) is 5.02 Å². The highest BCUT2D eigenvalue weighted by molar-refractivity contribution is 6.35. The van der Waals surface area contributed by atoms with E-state index in [-0.39, 0.29) is 23.2 Å². The number of ether oxygens (including phenoxy) is 1. The predicted octanol–water partition coefficient (Wildman–Crippen LogP) is 5.60. The summed E-state index contributed by atoms with van der Waals surface area (Å²) < 4.78 is 44.2. The molecule has 1 saturated heterocycles. The van der Waals surface area contributed by atoms with Crippen molar-refractivity contribution >= 4 is 29.1 Å². The first-order valence-electron chi connectivity index (χ1n) is 10.4. The molecule has 0 aromatic heterocycles. The summed E-state index contributed by atoms with van der Waals surface area (Å²) in [7, 11) is 0. The number of piperidine rings is 1. The lowest BCUT2D eigenvalue weighted by Gasteiger charge is -2.33. The number of carbonyl (C=O) groups excluding carboxylic acids is 1. The second-order valence-corrected chi connectivity index (χ2v) is 7.99. The van der Waals surface area contributed by atoms with Gasteiger partial charge in [0.1, 0.15) is 0 Å². The average molecular weight is 468 g/mol. The number of benzene rings is 2. The Balaban J connectivity index is 1.72. The summed E-state index contributed by atoms with van der Waals surface area (Å²) in [6, 6.07) is 13.1. The molecular weight excluding hydrogens is 443 g/mol. The van der Waals surface area contributed by atoms with Gasteiger partial charge in [0.2, 0.25) is 5.84 Å². The zero-order valence-corrected chi connectivity index (χ0v) is 18.4. The molecule has 1 fully saturated rings. The Labute approximate surface area is 190 Å². The monoisotopic (exact) mass is 467 g/mol. The predicted molar refractivity (Wildman–Crippen MR) is 119 cm³/mol. The van der Waals surface area contributed by atoms with Crippen LogP contribution < -0.4 is 5.43 Å². The number of hydrogen-bond acceptors (Lipinski definition) is 4. The molecule has 0 unspecified atom stereocenters. The Morgan fingerprint density at radius 2 is 1.88 bits per heavy atom. The minimum atomic E-state index is -4.52. The van der Waals surface area contributed by atoms with Crippen LogP contribution in [0.1, 0.15) is 30.9 Å². The lowest BCUT2D eigenvalue weighted by molar-refractivity contribution is -0.138. The standard InChI is InChI=1S/C23H25ClF3N3O2/c1-2-32-22(31)21(29-28-20-15-18(23(25,26)27)8-9-19(20)24)30-12-10-17(11-13-30)14-16-6-4-3-5-7-16/h3-9,15,17,28H,2,10-14H2,1H3/b29-21-. The van der Waals surface area contributed by atoms with Crippen LogP contribution in [0.5, 0.6) is 0 Å². The molecular formula is C23H25ClF3N3O2. The lowest BCUT2D eigenvalue weighted by Crippen LogP contribution is -2.43. The van der Waals surface area contributed by atoms with E-state index < -0.39 is 17.7 Å². The lowest BCUT2D eigenvalue weighted by atomic mass is 9.90. The number of anilines is 1. The van der Waals surface area contributed by atoms with Gasteiger partial charge in [0.15, 0.2) is 0 Å². The summed E-state index contributed by atoms with van der Waals surface area (Å²) in [5.41, 5.74) is 2.89. The Bertz CT molecular complexity index is 943. The number of rotatable bonds is 5. The van der Waals surface area contributed by atoms with Crippen molar-refractivity contribution < 1.29 is 22.7 Å². The molecule has 9 heteroatoms. The summed E-state index contributed by atoms with van der Waals surface area (Å²) >= 11 is 6.02. The summed E-state index contributed by atoms with van der Waals surface area (Å²) in [6.45, 7) is 3.02. The third-order valence-electron chi connectivity index (χ3n) is 5.32. The molecule has 0 spiro atoms. The van der Waals surface area contributed by atoms with Crippen molar-refractivity contribution in [2.75, 3.05) is 25.1 Å². The second-order valence-electron chi connectivity index (χ2n) is 7.58. The fraction of sp³-hybridized carbons (Fsp3) is 0.391. The molecule has 172 valence electrons. The number of halogens is 4. The molecule has 0 aliphatic carbocycles. The Hall–Kier alpha value is -2.74. The highest BCUT2D eigenvalue weighted by Crippen LogP contribution is 2.34. The molecule has 32 heavy (non-hydrogen) atoms. The third-order valence-corrected chi connectivity index (χ3v) is 5.64. The van der Waals surface area contributed by atoms with Crippen molar-refractivity contribution in [1.29, 1.82) is 0 Å². The van der Waals surface area contributed by atoms with Crippen molar-refractivity contribution in [2.45, 2.75) is 32.4 Å². The van der Waals surface area contributed by atoms with Gasteiger partial charge in [-0.05, 0) is 55.9 Å². The van der Waals surface area contributed by atoms with Gasteiger partial charge < -0.3 is 9.64 Å². The van der Waals surface area contributed by atoms with Crippen LogP contribution in [0.25, 0.3) is 0 Å². The summed E-state index contributed by atoms with van der Waals surface area (Å²) in [6.07, 6.45) is -1.84. The molecule has 5 nitrogen and oxygen atoms in total. The van der Waals surface area contributed by atoms with E-state index in [2.05, 4.69) is 22.7 Å². The third kappa shape index (κ3) is 6.38. The number of nitrogens with zero attached hydrogens (tertiary/aromatic N) is 2. The zero-order valence-electron chi connectivity index (χ0n) is 17.7. The maximum absolute atomic E-state index is 13.0. The molecule has 1 aliphatic rings. The van der Waals surface area contributed by atoms with Crippen molar-refractivity contribution in [3.05, 3.63) is 64.7 Å². The Morgan fingerprint density at radius 1 is 1.19 bits per heavy atom. The maximum Gasteiger partial charge on any atom is 0.416 e. The molecule has 0 amide bonds. The number of carbonyl (C=O) groups is 1. The molecule has 2 aromatic rings. The minimum absolute atomic E-state index is 0.0264. The molecule has 3 rings (SSSR count). The van der Waals surface area contributed by atoms with Crippen LogP contribution in [0, 0.1) is 5.92 Å². The van der Waals surface area contributed by atoms with Gasteiger partial charge in [-0.3, -0.25) is 5.43 Å². The van der Waals surface area contributed by atoms with Crippen LogP contribution in [-0.4, -0.2) is 36.4 Å². The second kappa shape index (κ2) is 10.7. The van der Waals surface area contributed by atoms with E-state index in [0.29, 0.717) is 19.0 Å². The Kier molecular flexibility index (Phi) is 8.01. The van der Waals surface area contributed by atoms with Crippen LogP contribution in [0.4, 0.5) is 18.9 Å².